The number of ether oxygens (including phenoxy) is 1. The number of aryl methyl sites for hydroxylation is 1. The van der Waals surface area contributed by atoms with E-state index in [0.717, 1.165) is 17.3 Å². The van der Waals surface area contributed by atoms with Crippen LogP contribution in [0.3, 0.4) is 0 Å². The van der Waals surface area contributed by atoms with Gasteiger partial charge in [-0.05, 0) is 50.4 Å². The van der Waals surface area contributed by atoms with Crippen LogP contribution in [0.4, 0.5) is 11.5 Å². The van der Waals surface area contributed by atoms with Gasteiger partial charge in [0.05, 0.1) is 25.8 Å². The highest BCUT2D eigenvalue weighted by Crippen LogP contribution is 2.24. The Labute approximate surface area is 193 Å². The maximum atomic E-state index is 13.6. The molecule has 1 saturated heterocycles. The van der Waals surface area contributed by atoms with Crippen molar-refractivity contribution in [3.05, 3.63) is 66.4 Å². The van der Waals surface area contributed by atoms with Crippen LogP contribution in [0.15, 0.2) is 55.0 Å². The second-order valence-corrected chi connectivity index (χ2v) is 8.54. The van der Waals surface area contributed by atoms with E-state index in [1.807, 2.05) is 49.0 Å². The number of β-amino-alcohol motifs (C(OH)–C–C–N with tert-alkyl or cyclic N) is 1. The molecule has 33 heavy (non-hydrogen) atoms. The molecule has 0 saturated carbocycles. The molecule has 0 aliphatic carbocycles. The van der Waals surface area contributed by atoms with E-state index in [0.29, 0.717) is 37.6 Å². The molecule has 1 aliphatic rings. The largest absolute Gasteiger partial charge is 0.497 e. The van der Waals surface area contributed by atoms with Crippen molar-refractivity contribution in [2.45, 2.75) is 19.1 Å². The van der Waals surface area contributed by atoms with Gasteiger partial charge in [0.15, 0.2) is 0 Å². The Hall–Kier alpha value is -3.43. The van der Waals surface area contributed by atoms with Crippen molar-refractivity contribution in [1.82, 2.24) is 24.3 Å². The van der Waals surface area contributed by atoms with Gasteiger partial charge in [-0.1, -0.05) is 0 Å². The molecular weight excluding hydrogens is 420 g/mol. The number of hydrogen-bond acceptors (Lipinski definition) is 7. The molecular formula is C24H30N6O3. The average molecular weight is 451 g/mol. The number of carbonyl (C=O) groups is 1. The third-order valence-electron chi connectivity index (χ3n) is 5.87. The van der Waals surface area contributed by atoms with E-state index in [1.54, 1.807) is 36.5 Å². The Bertz CT molecular complexity index is 1100. The first-order chi connectivity index (χ1) is 15.9. The van der Waals surface area contributed by atoms with E-state index in [1.165, 1.54) is 0 Å². The van der Waals surface area contributed by atoms with Gasteiger partial charge in [0.1, 0.15) is 23.0 Å². The number of methoxy groups -OCH3 is 1. The van der Waals surface area contributed by atoms with Gasteiger partial charge in [0, 0.05) is 43.9 Å². The van der Waals surface area contributed by atoms with Crippen molar-refractivity contribution >= 4 is 17.4 Å². The monoisotopic (exact) mass is 450 g/mol. The first kappa shape index (κ1) is 22.8. The normalized spacial score (nSPS) is 19.2. The van der Waals surface area contributed by atoms with Gasteiger partial charge in [0.25, 0.3) is 5.91 Å². The van der Waals surface area contributed by atoms with Gasteiger partial charge < -0.3 is 29.5 Å². The minimum absolute atomic E-state index is 0.171. The number of nitrogens with one attached hydrogen (secondary N) is 1. The number of imidazole rings is 1. The molecule has 4 rings (SSSR count). The van der Waals surface area contributed by atoms with Crippen LogP contribution in [0.25, 0.3) is 0 Å². The van der Waals surface area contributed by atoms with Crippen LogP contribution < -0.4 is 10.1 Å². The molecule has 1 aliphatic heterocycles. The van der Waals surface area contributed by atoms with Crippen LogP contribution in [-0.2, 0) is 6.54 Å². The zero-order valence-electron chi connectivity index (χ0n) is 19.2. The summed E-state index contributed by atoms with van der Waals surface area (Å²) in [7, 11) is 3.58. The molecule has 9 heteroatoms. The fourth-order valence-corrected chi connectivity index (χ4v) is 4.18. The van der Waals surface area contributed by atoms with Crippen LogP contribution >= 0.6 is 0 Å². The zero-order chi connectivity index (χ0) is 23.4. The fourth-order valence-electron chi connectivity index (χ4n) is 4.18. The lowest BCUT2D eigenvalue weighted by Gasteiger charge is -2.33. The highest BCUT2D eigenvalue weighted by Gasteiger charge is 2.37. The van der Waals surface area contributed by atoms with Crippen LogP contribution in [-0.4, -0.2) is 81.3 Å². The van der Waals surface area contributed by atoms with Gasteiger partial charge in [-0.3, -0.25) is 4.79 Å². The SMILES string of the molecule is COc1ccc(Nc2ncccc2C(=O)N2CCN(C)C[C@@](O)(Cn3ccnc3C)C2)cc1. The Morgan fingerprint density at radius 3 is 2.64 bits per heavy atom. The van der Waals surface area contributed by atoms with E-state index in [9.17, 15) is 9.90 Å². The van der Waals surface area contributed by atoms with Gasteiger partial charge in [-0.15, -0.1) is 0 Å². The molecule has 3 heterocycles. The molecule has 0 spiro atoms. The number of nitrogens with zero attached hydrogens (tertiary/aromatic N) is 5. The molecule has 1 amide bonds. The molecule has 2 aromatic heterocycles. The lowest BCUT2D eigenvalue weighted by atomic mass is 10.0. The third kappa shape index (κ3) is 5.32. The topological polar surface area (TPSA) is 95.8 Å². The van der Waals surface area contributed by atoms with E-state index in [4.69, 9.17) is 4.74 Å². The van der Waals surface area contributed by atoms with E-state index in [-0.39, 0.29) is 12.5 Å². The van der Waals surface area contributed by atoms with Crippen LogP contribution in [0.1, 0.15) is 16.2 Å². The molecule has 1 fully saturated rings. The predicted octanol–water partition coefficient (Wildman–Crippen LogP) is 2.16. The summed E-state index contributed by atoms with van der Waals surface area (Å²) >= 11 is 0. The molecule has 174 valence electrons. The number of carbonyl (C=O) groups excluding carboxylic acids is 1. The summed E-state index contributed by atoms with van der Waals surface area (Å²) in [5, 5.41) is 14.7. The lowest BCUT2D eigenvalue weighted by Crippen LogP contribution is -2.50. The lowest BCUT2D eigenvalue weighted by molar-refractivity contribution is -0.0116. The summed E-state index contributed by atoms with van der Waals surface area (Å²) in [5.41, 5.74) is 0.142. The van der Waals surface area contributed by atoms with Crippen molar-refractivity contribution in [3.8, 4) is 5.75 Å². The zero-order valence-corrected chi connectivity index (χ0v) is 19.2. The predicted molar refractivity (Wildman–Crippen MR) is 126 cm³/mol. The Morgan fingerprint density at radius 1 is 1.15 bits per heavy atom. The number of likely N-dealkylation sites (N-methyl/N-ethyl adjacent to an activating group) is 1. The van der Waals surface area contributed by atoms with E-state index < -0.39 is 5.60 Å². The molecule has 2 N–H and O–H groups in total. The second-order valence-electron chi connectivity index (χ2n) is 8.54. The summed E-state index contributed by atoms with van der Waals surface area (Å²) in [5.74, 6) is 1.87. The molecule has 0 radical (unpaired) electrons. The average Bonchev–Trinajstić information content (AvgIpc) is 3.13. The first-order valence-corrected chi connectivity index (χ1v) is 10.9. The Balaban J connectivity index is 1.57. The fraction of sp³-hybridized carbons (Fsp3) is 0.375. The quantitative estimate of drug-likeness (QED) is 0.594. The standard InChI is InChI=1S/C24H30N6O3/c1-18-25-11-12-29(18)16-24(32)15-28(2)13-14-30(17-24)23(31)21-5-4-10-26-22(21)27-19-6-8-20(33-3)9-7-19/h4-12,32H,13-17H2,1-3H3,(H,26,27)/t24-/m1/s1. The highest BCUT2D eigenvalue weighted by atomic mass is 16.5. The second kappa shape index (κ2) is 9.60. The number of amides is 1. The van der Waals surface area contributed by atoms with Crippen molar-refractivity contribution in [2.75, 3.05) is 45.7 Å². The summed E-state index contributed by atoms with van der Waals surface area (Å²) in [4.78, 5) is 26.0. The molecule has 9 nitrogen and oxygen atoms in total. The van der Waals surface area contributed by atoms with Crippen LogP contribution in [0.5, 0.6) is 5.75 Å². The van der Waals surface area contributed by atoms with Gasteiger partial charge in [-0.2, -0.15) is 0 Å². The number of hydrogen-bond donors (Lipinski definition) is 2. The molecule has 3 aromatic rings. The molecule has 0 bridgehead atoms. The van der Waals surface area contributed by atoms with Crippen LogP contribution in [0, 0.1) is 6.92 Å². The van der Waals surface area contributed by atoms with E-state index in [2.05, 4.69) is 20.2 Å². The van der Waals surface area contributed by atoms with Crippen molar-refractivity contribution in [1.29, 1.82) is 0 Å². The highest BCUT2D eigenvalue weighted by molar-refractivity contribution is 5.99. The van der Waals surface area contributed by atoms with Crippen molar-refractivity contribution in [2.24, 2.45) is 0 Å². The van der Waals surface area contributed by atoms with Crippen LogP contribution in [0.2, 0.25) is 0 Å². The number of rotatable bonds is 6. The van der Waals surface area contributed by atoms with Gasteiger partial charge in [0.2, 0.25) is 0 Å². The maximum Gasteiger partial charge on any atom is 0.257 e. The van der Waals surface area contributed by atoms with E-state index >= 15 is 0 Å². The number of aliphatic hydroxyl groups is 1. The molecule has 0 unspecified atom stereocenters. The number of aromatic nitrogens is 3. The number of benzene rings is 1. The molecule has 1 atom stereocenters. The van der Waals surface area contributed by atoms with Gasteiger partial charge in [-0.25, -0.2) is 9.97 Å². The third-order valence-corrected chi connectivity index (χ3v) is 5.87. The number of anilines is 2. The summed E-state index contributed by atoms with van der Waals surface area (Å²) < 4.78 is 7.13. The Kier molecular flexibility index (Phi) is 6.62. The Morgan fingerprint density at radius 2 is 1.94 bits per heavy atom. The maximum absolute atomic E-state index is 13.6. The molecule has 1 aromatic carbocycles. The minimum atomic E-state index is -1.11. The van der Waals surface area contributed by atoms with Gasteiger partial charge >= 0.3 is 0 Å². The van der Waals surface area contributed by atoms with Crippen molar-refractivity contribution < 1.29 is 14.6 Å². The summed E-state index contributed by atoms with van der Waals surface area (Å²) in [6.45, 7) is 4.11. The smallest absolute Gasteiger partial charge is 0.257 e. The summed E-state index contributed by atoms with van der Waals surface area (Å²) in [6.07, 6.45) is 5.22. The minimum Gasteiger partial charge on any atom is -0.497 e. The summed E-state index contributed by atoms with van der Waals surface area (Å²) in [6, 6.07) is 10.9. The first-order valence-electron chi connectivity index (χ1n) is 10.9. The number of pyridine rings is 1. The van der Waals surface area contributed by atoms with Crippen molar-refractivity contribution in [3.63, 3.8) is 0 Å².